The lowest BCUT2D eigenvalue weighted by Gasteiger charge is -2.36. The van der Waals surface area contributed by atoms with Gasteiger partial charge in [0.1, 0.15) is 0 Å². The van der Waals surface area contributed by atoms with Crippen LogP contribution >= 0.6 is 24.0 Å². The summed E-state index contributed by atoms with van der Waals surface area (Å²) in [6.45, 7) is 7.84. The van der Waals surface area contributed by atoms with Gasteiger partial charge in [0.05, 0.1) is 6.54 Å². The first-order valence-corrected chi connectivity index (χ1v) is 9.73. The number of hydrogen-bond acceptors (Lipinski definition) is 4. The highest BCUT2D eigenvalue weighted by Crippen LogP contribution is 2.41. The summed E-state index contributed by atoms with van der Waals surface area (Å²) in [6, 6.07) is 6.88. The minimum atomic E-state index is -0.0171. The first-order chi connectivity index (χ1) is 12.7. The molecule has 2 unspecified atom stereocenters. The number of nitrogens with zero attached hydrogens (tertiary/aromatic N) is 1. The number of fused-ring (bicyclic) bond motifs is 1. The number of guanidine groups is 1. The van der Waals surface area contributed by atoms with Crippen molar-refractivity contribution in [2.75, 3.05) is 33.1 Å². The van der Waals surface area contributed by atoms with Gasteiger partial charge in [-0.3, -0.25) is 4.99 Å². The number of hydrogen-bond donors (Lipinski definition) is 2. The molecule has 2 aliphatic heterocycles. The molecule has 1 aliphatic carbocycles. The summed E-state index contributed by atoms with van der Waals surface area (Å²) < 4.78 is 16.7. The van der Waals surface area contributed by atoms with E-state index in [0.29, 0.717) is 12.8 Å². The van der Waals surface area contributed by atoms with Crippen molar-refractivity contribution < 1.29 is 14.2 Å². The molecule has 1 saturated heterocycles. The van der Waals surface area contributed by atoms with E-state index < -0.39 is 0 Å². The fourth-order valence-electron chi connectivity index (χ4n) is 3.78. The average Bonchev–Trinajstić information content (AvgIpc) is 3.16. The van der Waals surface area contributed by atoms with Crippen LogP contribution in [0.15, 0.2) is 23.2 Å². The van der Waals surface area contributed by atoms with Crippen LogP contribution < -0.4 is 20.1 Å². The quantitative estimate of drug-likeness (QED) is 0.380. The van der Waals surface area contributed by atoms with Gasteiger partial charge in [0.2, 0.25) is 6.79 Å². The van der Waals surface area contributed by atoms with E-state index in [9.17, 15) is 0 Å². The van der Waals surface area contributed by atoms with E-state index in [-0.39, 0.29) is 29.4 Å². The molecule has 2 fully saturated rings. The van der Waals surface area contributed by atoms with E-state index in [1.165, 1.54) is 12.0 Å². The van der Waals surface area contributed by atoms with Gasteiger partial charge in [0, 0.05) is 31.2 Å². The lowest BCUT2D eigenvalue weighted by molar-refractivity contribution is 0.0530. The molecule has 1 aromatic rings. The summed E-state index contributed by atoms with van der Waals surface area (Å²) in [6.07, 6.45) is 3.16. The fourth-order valence-corrected chi connectivity index (χ4v) is 3.78. The predicted octanol–water partition coefficient (Wildman–Crippen LogP) is 3.05. The average molecular weight is 487 g/mol. The molecule has 6 nitrogen and oxygen atoms in total. The number of benzene rings is 1. The molecule has 7 heteroatoms. The maximum absolute atomic E-state index is 5.65. The number of aliphatic imine (C=N–C) groups is 1. The second-order valence-electron chi connectivity index (χ2n) is 7.62. The minimum absolute atomic E-state index is 0. The Bertz CT molecular complexity index is 676. The van der Waals surface area contributed by atoms with E-state index in [2.05, 4.69) is 36.6 Å². The van der Waals surface area contributed by atoms with Crippen molar-refractivity contribution in [1.29, 1.82) is 0 Å². The Balaban J connectivity index is 0.00000210. The van der Waals surface area contributed by atoms with E-state index in [1.54, 1.807) is 0 Å². The van der Waals surface area contributed by atoms with Crippen molar-refractivity contribution in [3.8, 4) is 11.5 Å². The molecule has 3 aliphatic rings. The monoisotopic (exact) mass is 487 g/mol. The molecule has 0 radical (unpaired) electrons. The first-order valence-electron chi connectivity index (χ1n) is 9.73. The molecular weight excluding hydrogens is 457 g/mol. The third-order valence-corrected chi connectivity index (χ3v) is 5.75. The van der Waals surface area contributed by atoms with E-state index >= 15 is 0 Å². The fraction of sp³-hybridized carbons (Fsp3) is 0.650. The van der Waals surface area contributed by atoms with Crippen molar-refractivity contribution in [3.63, 3.8) is 0 Å². The predicted molar refractivity (Wildman–Crippen MR) is 116 cm³/mol. The minimum Gasteiger partial charge on any atom is -0.454 e. The number of rotatable bonds is 5. The van der Waals surface area contributed by atoms with Crippen LogP contribution in [0.5, 0.6) is 11.5 Å². The van der Waals surface area contributed by atoms with Crippen LogP contribution in [-0.2, 0) is 10.2 Å². The number of ether oxygens (including phenoxy) is 3. The van der Waals surface area contributed by atoms with Crippen molar-refractivity contribution in [1.82, 2.24) is 10.6 Å². The second-order valence-corrected chi connectivity index (χ2v) is 7.62. The summed E-state index contributed by atoms with van der Waals surface area (Å²) in [5.41, 5.74) is 1.25. The highest BCUT2D eigenvalue weighted by molar-refractivity contribution is 14.0. The number of halogens is 1. The largest absolute Gasteiger partial charge is 0.454 e. The molecule has 0 amide bonds. The SMILES string of the molecule is CCNC(=NCC1(c2ccc3c(c2)OCO3)CCOCC1)NC1CC1C.I. The highest BCUT2D eigenvalue weighted by Gasteiger charge is 2.37. The van der Waals surface area contributed by atoms with Crippen molar-refractivity contribution in [2.45, 2.75) is 44.6 Å². The Morgan fingerprint density at radius 3 is 2.67 bits per heavy atom. The van der Waals surface area contributed by atoms with Crippen LogP contribution in [-0.4, -0.2) is 45.1 Å². The Hall–Kier alpha value is -1.22. The Morgan fingerprint density at radius 1 is 1.22 bits per heavy atom. The van der Waals surface area contributed by atoms with Crippen LogP contribution in [0.2, 0.25) is 0 Å². The van der Waals surface area contributed by atoms with Crippen LogP contribution in [0.25, 0.3) is 0 Å². The van der Waals surface area contributed by atoms with Gasteiger partial charge in [-0.25, -0.2) is 0 Å². The summed E-state index contributed by atoms with van der Waals surface area (Å²) in [4.78, 5) is 4.96. The molecule has 1 saturated carbocycles. The molecule has 0 aromatic heterocycles. The van der Waals surface area contributed by atoms with Gasteiger partial charge in [0.25, 0.3) is 0 Å². The smallest absolute Gasteiger partial charge is 0.231 e. The molecule has 2 N–H and O–H groups in total. The molecule has 2 atom stereocenters. The van der Waals surface area contributed by atoms with Gasteiger partial charge < -0.3 is 24.8 Å². The molecule has 0 spiro atoms. The van der Waals surface area contributed by atoms with Crippen LogP contribution in [0.4, 0.5) is 0 Å². The van der Waals surface area contributed by atoms with Crippen molar-refractivity contribution in [3.05, 3.63) is 23.8 Å². The summed E-state index contributed by atoms with van der Waals surface area (Å²) in [5, 5.41) is 6.94. The van der Waals surface area contributed by atoms with Crippen molar-refractivity contribution >= 4 is 29.9 Å². The normalized spacial score (nSPS) is 25.5. The molecule has 4 rings (SSSR count). The lowest BCUT2D eigenvalue weighted by Crippen LogP contribution is -2.42. The van der Waals surface area contributed by atoms with E-state index in [0.717, 1.165) is 62.5 Å². The van der Waals surface area contributed by atoms with Crippen LogP contribution in [0.1, 0.15) is 38.7 Å². The molecule has 0 bridgehead atoms. The molecule has 1 aromatic carbocycles. The van der Waals surface area contributed by atoms with Gasteiger partial charge in [0.15, 0.2) is 17.5 Å². The maximum atomic E-state index is 5.65. The second kappa shape index (κ2) is 8.86. The van der Waals surface area contributed by atoms with Gasteiger partial charge in [-0.15, -0.1) is 24.0 Å². The Morgan fingerprint density at radius 2 is 1.96 bits per heavy atom. The van der Waals surface area contributed by atoms with Crippen molar-refractivity contribution in [2.24, 2.45) is 10.9 Å². The summed E-state index contributed by atoms with van der Waals surface area (Å²) in [7, 11) is 0. The van der Waals surface area contributed by atoms with Crippen LogP contribution in [0.3, 0.4) is 0 Å². The lowest BCUT2D eigenvalue weighted by atomic mass is 9.74. The van der Waals surface area contributed by atoms with E-state index in [4.69, 9.17) is 19.2 Å². The third kappa shape index (κ3) is 4.62. The Kier molecular flexibility index (Phi) is 6.73. The van der Waals surface area contributed by atoms with E-state index in [1.807, 2.05) is 6.07 Å². The topological polar surface area (TPSA) is 64.1 Å². The zero-order valence-corrected chi connectivity index (χ0v) is 18.5. The molecular formula is C20H30IN3O3. The van der Waals surface area contributed by atoms with Crippen LogP contribution in [0, 0.1) is 5.92 Å². The molecule has 27 heavy (non-hydrogen) atoms. The molecule has 150 valence electrons. The first kappa shape index (κ1) is 20.5. The van der Waals surface area contributed by atoms with Gasteiger partial charge in [-0.2, -0.15) is 0 Å². The number of nitrogens with one attached hydrogen (secondary N) is 2. The third-order valence-electron chi connectivity index (χ3n) is 5.75. The zero-order chi connectivity index (χ0) is 18.0. The summed E-state index contributed by atoms with van der Waals surface area (Å²) >= 11 is 0. The maximum Gasteiger partial charge on any atom is 0.231 e. The zero-order valence-electron chi connectivity index (χ0n) is 16.1. The molecule has 2 heterocycles. The standard InChI is InChI=1S/C20H29N3O3.HI/c1-3-21-19(23-16-10-14(16)2)22-12-20(6-8-24-9-7-20)15-4-5-17-18(11-15)26-13-25-17;/h4-5,11,14,16H,3,6-10,12-13H2,1-2H3,(H2,21,22,23);1H. The summed E-state index contributed by atoms with van der Waals surface area (Å²) in [5.74, 6) is 3.34. The highest BCUT2D eigenvalue weighted by atomic mass is 127. The van der Waals surface area contributed by atoms with Gasteiger partial charge >= 0.3 is 0 Å². The van der Waals surface area contributed by atoms with Gasteiger partial charge in [-0.1, -0.05) is 13.0 Å². The van der Waals surface area contributed by atoms with Gasteiger partial charge in [-0.05, 0) is 49.8 Å². The Labute approximate surface area is 178 Å².